The first-order valence-electron chi connectivity index (χ1n) is 4.62. The van der Waals surface area contributed by atoms with Crippen molar-refractivity contribution in [3.63, 3.8) is 0 Å². The van der Waals surface area contributed by atoms with Gasteiger partial charge in [0.1, 0.15) is 0 Å². The molecule has 0 saturated heterocycles. The van der Waals surface area contributed by atoms with Gasteiger partial charge in [0, 0.05) is 5.69 Å². The highest BCUT2D eigenvalue weighted by molar-refractivity contribution is 5.84. The summed E-state index contributed by atoms with van der Waals surface area (Å²) in [6, 6.07) is 7.50. The third-order valence-corrected chi connectivity index (χ3v) is 1.72. The molecular formula is C12H13NO2. The summed E-state index contributed by atoms with van der Waals surface area (Å²) in [5.74, 6) is 5.28. The minimum atomic E-state index is -0.483. The van der Waals surface area contributed by atoms with E-state index in [1.165, 1.54) is 0 Å². The van der Waals surface area contributed by atoms with Gasteiger partial charge < -0.3 is 4.74 Å². The van der Waals surface area contributed by atoms with Crippen LogP contribution in [0, 0.1) is 18.8 Å². The van der Waals surface area contributed by atoms with Gasteiger partial charge in [-0.2, -0.15) is 0 Å². The molecule has 3 heteroatoms. The molecule has 3 nitrogen and oxygen atoms in total. The van der Waals surface area contributed by atoms with Crippen LogP contribution in [0.3, 0.4) is 0 Å². The lowest BCUT2D eigenvalue weighted by molar-refractivity contribution is 0.176. The van der Waals surface area contributed by atoms with Gasteiger partial charge in [0.2, 0.25) is 0 Å². The second-order valence-electron chi connectivity index (χ2n) is 3.00. The number of nitrogens with one attached hydrogen (secondary N) is 1. The molecule has 0 radical (unpaired) electrons. The van der Waals surface area contributed by atoms with Crippen molar-refractivity contribution in [1.82, 2.24) is 0 Å². The van der Waals surface area contributed by atoms with E-state index in [9.17, 15) is 4.79 Å². The van der Waals surface area contributed by atoms with Crippen LogP contribution in [0.1, 0.15) is 12.5 Å². The normalized spacial score (nSPS) is 8.67. The fraction of sp³-hybridized carbons (Fsp3) is 0.250. The largest absolute Gasteiger partial charge is 0.436 e. The molecule has 1 N–H and O–H groups in total. The number of ether oxygens (including phenoxy) is 1. The van der Waals surface area contributed by atoms with E-state index < -0.39 is 6.09 Å². The van der Waals surface area contributed by atoms with Crippen molar-refractivity contribution in [2.75, 3.05) is 11.9 Å². The van der Waals surface area contributed by atoms with Crippen LogP contribution in [0.5, 0.6) is 0 Å². The lowest BCUT2D eigenvalue weighted by atomic mass is 10.2. The summed E-state index contributed by atoms with van der Waals surface area (Å²) >= 11 is 0. The number of hydrogen-bond acceptors (Lipinski definition) is 2. The summed E-state index contributed by atoms with van der Waals surface area (Å²) in [4.78, 5) is 11.2. The predicted molar refractivity (Wildman–Crippen MR) is 59.6 cm³/mol. The topological polar surface area (TPSA) is 38.3 Å². The number of carbonyl (C=O) groups is 1. The molecule has 0 saturated carbocycles. The maximum Gasteiger partial charge on any atom is 0.412 e. The van der Waals surface area contributed by atoms with Crippen molar-refractivity contribution in [1.29, 1.82) is 0 Å². The fourth-order valence-corrected chi connectivity index (χ4v) is 1.05. The number of anilines is 1. The van der Waals surface area contributed by atoms with Crippen LogP contribution in [0.4, 0.5) is 10.5 Å². The lowest BCUT2D eigenvalue weighted by Gasteiger charge is -2.04. The van der Waals surface area contributed by atoms with Crippen molar-refractivity contribution in [2.45, 2.75) is 13.8 Å². The second-order valence-corrected chi connectivity index (χ2v) is 3.00. The average molecular weight is 203 g/mol. The first kappa shape index (κ1) is 11.1. The molecule has 15 heavy (non-hydrogen) atoms. The Morgan fingerprint density at radius 3 is 3.00 bits per heavy atom. The number of amides is 1. The smallest absolute Gasteiger partial charge is 0.412 e. The Kier molecular flexibility index (Phi) is 4.24. The van der Waals surface area contributed by atoms with E-state index in [2.05, 4.69) is 17.2 Å². The summed E-state index contributed by atoms with van der Waals surface area (Å²) in [6.45, 7) is 3.77. The molecule has 0 unspecified atom stereocenters. The highest BCUT2D eigenvalue weighted by atomic mass is 16.5. The minimum absolute atomic E-state index is 0.119. The standard InChI is InChI=1S/C12H13NO2/c1-3-4-8-15-12(14)13-11-7-5-6-10(2)9-11/h5-7,9H,8H2,1-2H3,(H,13,14). The van der Waals surface area contributed by atoms with Crippen LogP contribution in [0.15, 0.2) is 24.3 Å². The zero-order valence-corrected chi connectivity index (χ0v) is 8.83. The van der Waals surface area contributed by atoms with Crippen molar-refractivity contribution in [3.05, 3.63) is 29.8 Å². The first-order valence-corrected chi connectivity index (χ1v) is 4.62. The fourth-order valence-electron chi connectivity index (χ4n) is 1.05. The zero-order chi connectivity index (χ0) is 11.1. The van der Waals surface area contributed by atoms with Gasteiger partial charge in [-0.3, -0.25) is 5.32 Å². The SMILES string of the molecule is CC#CCOC(=O)Nc1cccc(C)c1. The predicted octanol–water partition coefficient (Wildman–Crippen LogP) is 2.57. The second kappa shape index (κ2) is 5.71. The molecule has 1 amide bonds. The van der Waals surface area contributed by atoms with E-state index in [1.807, 2.05) is 25.1 Å². The molecule has 0 heterocycles. The maximum atomic E-state index is 11.2. The van der Waals surface area contributed by atoms with E-state index in [0.717, 1.165) is 11.3 Å². The van der Waals surface area contributed by atoms with Gasteiger partial charge in [-0.25, -0.2) is 4.79 Å². The number of hydrogen-bond donors (Lipinski definition) is 1. The summed E-state index contributed by atoms with van der Waals surface area (Å²) in [5.41, 5.74) is 1.81. The molecule has 0 aliphatic heterocycles. The van der Waals surface area contributed by atoms with Gasteiger partial charge in [-0.1, -0.05) is 18.1 Å². The molecule has 0 aromatic heterocycles. The molecule has 0 atom stereocenters. The Labute approximate surface area is 89.4 Å². The van der Waals surface area contributed by atoms with Crippen molar-refractivity contribution < 1.29 is 9.53 Å². The third kappa shape index (κ3) is 4.19. The van der Waals surface area contributed by atoms with Crippen molar-refractivity contribution in [2.24, 2.45) is 0 Å². The van der Waals surface area contributed by atoms with E-state index in [4.69, 9.17) is 4.74 Å². The number of carbonyl (C=O) groups excluding carboxylic acids is 1. The molecule has 0 fully saturated rings. The molecule has 0 aliphatic carbocycles. The van der Waals surface area contributed by atoms with Crippen LogP contribution < -0.4 is 5.32 Å². The van der Waals surface area contributed by atoms with E-state index in [0.29, 0.717) is 0 Å². The third-order valence-electron chi connectivity index (χ3n) is 1.72. The zero-order valence-electron chi connectivity index (χ0n) is 8.83. The van der Waals surface area contributed by atoms with Gasteiger partial charge in [-0.15, -0.1) is 5.92 Å². The van der Waals surface area contributed by atoms with Gasteiger partial charge in [0.25, 0.3) is 0 Å². The van der Waals surface area contributed by atoms with Gasteiger partial charge in [-0.05, 0) is 31.5 Å². The molecule has 0 bridgehead atoms. The summed E-state index contributed by atoms with van der Waals surface area (Å²) < 4.78 is 4.80. The highest BCUT2D eigenvalue weighted by Crippen LogP contribution is 2.09. The number of benzene rings is 1. The quantitative estimate of drug-likeness (QED) is 0.750. The molecule has 1 aromatic carbocycles. The Hall–Kier alpha value is -1.95. The van der Waals surface area contributed by atoms with Gasteiger partial charge in [0.05, 0.1) is 0 Å². The summed E-state index contributed by atoms with van der Waals surface area (Å²) in [5, 5.41) is 2.61. The number of rotatable bonds is 2. The van der Waals surface area contributed by atoms with Crippen LogP contribution in [-0.2, 0) is 4.74 Å². The van der Waals surface area contributed by atoms with Crippen molar-refractivity contribution in [3.8, 4) is 11.8 Å². The van der Waals surface area contributed by atoms with Crippen LogP contribution >= 0.6 is 0 Å². The van der Waals surface area contributed by atoms with E-state index in [-0.39, 0.29) is 6.61 Å². The Balaban J connectivity index is 2.46. The minimum Gasteiger partial charge on any atom is -0.436 e. The van der Waals surface area contributed by atoms with E-state index >= 15 is 0 Å². The molecular weight excluding hydrogens is 190 g/mol. The summed E-state index contributed by atoms with van der Waals surface area (Å²) in [7, 11) is 0. The van der Waals surface area contributed by atoms with Crippen LogP contribution in [-0.4, -0.2) is 12.7 Å². The molecule has 1 rings (SSSR count). The average Bonchev–Trinajstić information content (AvgIpc) is 2.18. The molecule has 0 spiro atoms. The van der Waals surface area contributed by atoms with Crippen molar-refractivity contribution >= 4 is 11.8 Å². The molecule has 0 aliphatic rings. The Morgan fingerprint density at radius 1 is 1.53 bits per heavy atom. The van der Waals surface area contributed by atoms with Gasteiger partial charge >= 0.3 is 6.09 Å². The van der Waals surface area contributed by atoms with Gasteiger partial charge in [0.15, 0.2) is 6.61 Å². The summed E-state index contributed by atoms with van der Waals surface area (Å²) in [6.07, 6.45) is -0.483. The molecule has 1 aromatic rings. The number of aryl methyl sites for hydroxylation is 1. The van der Waals surface area contributed by atoms with Crippen LogP contribution in [0.2, 0.25) is 0 Å². The Morgan fingerprint density at radius 2 is 2.33 bits per heavy atom. The maximum absolute atomic E-state index is 11.2. The monoisotopic (exact) mass is 203 g/mol. The molecule has 78 valence electrons. The highest BCUT2D eigenvalue weighted by Gasteiger charge is 2.01. The van der Waals surface area contributed by atoms with Crippen LogP contribution in [0.25, 0.3) is 0 Å². The van der Waals surface area contributed by atoms with E-state index in [1.54, 1.807) is 13.0 Å². The first-order chi connectivity index (χ1) is 7.22. The lowest BCUT2D eigenvalue weighted by Crippen LogP contribution is -2.13. The Bertz CT molecular complexity index is 402.